The zero-order valence-electron chi connectivity index (χ0n) is 16.2. The first-order chi connectivity index (χ1) is 12.7. The average molecular weight is 352 g/mol. The van der Waals surface area contributed by atoms with Crippen molar-refractivity contribution >= 4 is 21.5 Å². The highest BCUT2D eigenvalue weighted by Crippen LogP contribution is 2.43. The SMILES string of the molecule is CCOc1c2ccccc2c(OCC)c2cc(OCCC(C)C)ccc12. The topological polar surface area (TPSA) is 27.7 Å². The fourth-order valence-corrected chi connectivity index (χ4v) is 3.18. The second-order valence-corrected chi connectivity index (χ2v) is 6.81. The van der Waals surface area contributed by atoms with Crippen LogP contribution in [0.2, 0.25) is 0 Å². The minimum atomic E-state index is 0.617. The Morgan fingerprint density at radius 1 is 0.731 bits per heavy atom. The highest BCUT2D eigenvalue weighted by atomic mass is 16.5. The molecule has 3 aromatic carbocycles. The molecule has 3 nitrogen and oxygen atoms in total. The maximum atomic E-state index is 6.05. The van der Waals surface area contributed by atoms with Gasteiger partial charge in [0.15, 0.2) is 0 Å². The van der Waals surface area contributed by atoms with Crippen LogP contribution in [0.15, 0.2) is 42.5 Å². The third-order valence-electron chi connectivity index (χ3n) is 4.44. The second kappa shape index (κ2) is 8.31. The van der Waals surface area contributed by atoms with E-state index in [1.54, 1.807) is 0 Å². The van der Waals surface area contributed by atoms with E-state index in [1.807, 2.05) is 32.0 Å². The van der Waals surface area contributed by atoms with Crippen LogP contribution in [-0.2, 0) is 0 Å². The van der Waals surface area contributed by atoms with Crippen LogP contribution < -0.4 is 14.2 Å². The first kappa shape index (κ1) is 18.4. The van der Waals surface area contributed by atoms with Crippen LogP contribution in [0.1, 0.15) is 34.1 Å². The molecule has 0 aliphatic carbocycles. The Labute approximate surface area is 155 Å². The number of rotatable bonds is 8. The van der Waals surface area contributed by atoms with E-state index in [-0.39, 0.29) is 0 Å². The van der Waals surface area contributed by atoms with Gasteiger partial charge >= 0.3 is 0 Å². The van der Waals surface area contributed by atoms with Crippen LogP contribution in [-0.4, -0.2) is 19.8 Å². The van der Waals surface area contributed by atoms with Crippen molar-refractivity contribution in [3.63, 3.8) is 0 Å². The Balaban J connectivity index is 2.17. The molecule has 3 rings (SSSR count). The average Bonchev–Trinajstić information content (AvgIpc) is 2.64. The molecule has 0 aromatic heterocycles. The van der Waals surface area contributed by atoms with E-state index >= 15 is 0 Å². The van der Waals surface area contributed by atoms with E-state index in [9.17, 15) is 0 Å². The fourth-order valence-electron chi connectivity index (χ4n) is 3.18. The molecule has 0 aliphatic heterocycles. The van der Waals surface area contributed by atoms with Gasteiger partial charge in [-0.15, -0.1) is 0 Å². The molecule has 3 aromatic rings. The van der Waals surface area contributed by atoms with Crippen LogP contribution in [0.3, 0.4) is 0 Å². The molecule has 138 valence electrons. The lowest BCUT2D eigenvalue weighted by Gasteiger charge is -2.18. The van der Waals surface area contributed by atoms with Gasteiger partial charge in [0.1, 0.15) is 17.2 Å². The Hall–Kier alpha value is -2.42. The van der Waals surface area contributed by atoms with Crippen LogP contribution in [0.5, 0.6) is 17.2 Å². The van der Waals surface area contributed by atoms with Crippen molar-refractivity contribution in [2.45, 2.75) is 34.1 Å². The summed E-state index contributed by atoms with van der Waals surface area (Å²) in [6.45, 7) is 10.4. The largest absolute Gasteiger partial charge is 0.494 e. The first-order valence-electron chi connectivity index (χ1n) is 9.52. The van der Waals surface area contributed by atoms with Gasteiger partial charge in [-0.3, -0.25) is 0 Å². The van der Waals surface area contributed by atoms with Gasteiger partial charge in [-0.25, -0.2) is 0 Å². The summed E-state index contributed by atoms with van der Waals surface area (Å²) in [6.07, 6.45) is 1.04. The Kier molecular flexibility index (Phi) is 5.87. The second-order valence-electron chi connectivity index (χ2n) is 6.81. The molecular weight excluding hydrogens is 324 g/mol. The van der Waals surface area contributed by atoms with E-state index in [1.165, 1.54) is 0 Å². The molecule has 0 unspecified atom stereocenters. The van der Waals surface area contributed by atoms with Crippen molar-refractivity contribution in [1.29, 1.82) is 0 Å². The Bertz CT molecular complexity index is 883. The predicted molar refractivity (Wildman–Crippen MR) is 109 cm³/mol. The monoisotopic (exact) mass is 352 g/mol. The van der Waals surface area contributed by atoms with Gasteiger partial charge in [-0.05, 0) is 44.4 Å². The van der Waals surface area contributed by atoms with Crippen LogP contribution in [0.25, 0.3) is 21.5 Å². The lowest BCUT2D eigenvalue weighted by atomic mass is 10.00. The van der Waals surface area contributed by atoms with Crippen molar-refractivity contribution in [1.82, 2.24) is 0 Å². The lowest BCUT2D eigenvalue weighted by Crippen LogP contribution is -2.02. The summed E-state index contributed by atoms with van der Waals surface area (Å²) in [5, 5.41) is 4.25. The molecule has 0 amide bonds. The molecular formula is C23H28O3. The summed E-state index contributed by atoms with van der Waals surface area (Å²) in [6, 6.07) is 14.4. The molecule has 0 radical (unpaired) electrons. The van der Waals surface area contributed by atoms with Gasteiger partial charge in [0.25, 0.3) is 0 Å². The van der Waals surface area contributed by atoms with Crippen molar-refractivity contribution in [3.8, 4) is 17.2 Å². The minimum absolute atomic E-state index is 0.617. The third-order valence-corrected chi connectivity index (χ3v) is 4.44. The van der Waals surface area contributed by atoms with Crippen LogP contribution >= 0.6 is 0 Å². The molecule has 0 saturated carbocycles. The van der Waals surface area contributed by atoms with Crippen LogP contribution in [0.4, 0.5) is 0 Å². The lowest BCUT2D eigenvalue weighted by molar-refractivity contribution is 0.289. The summed E-state index contributed by atoms with van der Waals surface area (Å²) in [7, 11) is 0. The van der Waals surface area contributed by atoms with Crippen molar-refractivity contribution in [2.75, 3.05) is 19.8 Å². The summed E-state index contributed by atoms with van der Waals surface area (Å²) in [4.78, 5) is 0. The third kappa shape index (κ3) is 3.72. The molecule has 0 fully saturated rings. The molecule has 3 heteroatoms. The smallest absolute Gasteiger partial charge is 0.135 e. The summed E-state index contributed by atoms with van der Waals surface area (Å²) in [5.41, 5.74) is 0. The molecule has 0 saturated heterocycles. The van der Waals surface area contributed by atoms with E-state index in [2.05, 4.69) is 38.1 Å². The predicted octanol–water partition coefficient (Wildman–Crippen LogP) is 6.22. The van der Waals surface area contributed by atoms with E-state index in [4.69, 9.17) is 14.2 Å². The zero-order chi connectivity index (χ0) is 18.5. The quantitative estimate of drug-likeness (QED) is 0.451. The van der Waals surface area contributed by atoms with Gasteiger partial charge in [0.05, 0.1) is 19.8 Å². The van der Waals surface area contributed by atoms with Crippen molar-refractivity contribution < 1.29 is 14.2 Å². The molecule has 26 heavy (non-hydrogen) atoms. The van der Waals surface area contributed by atoms with Crippen molar-refractivity contribution in [3.05, 3.63) is 42.5 Å². The Morgan fingerprint density at radius 3 is 1.88 bits per heavy atom. The molecule has 0 N–H and O–H groups in total. The normalized spacial score (nSPS) is 11.3. The highest BCUT2D eigenvalue weighted by Gasteiger charge is 2.16. The first-order valence-corrected chi connectivity index (χ1v) is 9.52. The van der Waals surface area contributed by atoms with Gasteiger partial charge in [-0.2, -0.15) is 0 Å². The zero-order valence-corrected chi connectivity index (χ0v) is 16.2. The molecule has 0 bridgehead atoms. The number of hydrogen-bond donors (Lipinski definition) is 0. The molecule has 0 heterocycles. The van der Waals surface area contributed by atoms with E-state index in [0.717, 1.165) is 51.8 Å². The van der Waals surface area contributed by atoms with Gasteiger partial charge in [0.2, 0.25) is 0 Å². The summed E-state index contributed by atoms with van der Waals surface area (Å²) >= 11 is 0. The molecule has 0 aliphatic rings. The molecule has 0 spiro atoms. The summed E-state index contributed by atoms with van der Waals surface area (Å²) < 4.78 is 18.0. The maximum Gasteiger partial charge on any atom is 0.135 e. The van der Waals surface area contributed by atoms with Gasteiger partial charge in [0, 0.05) is 21.5 Å². The van der Waals surface area contributed by atoms with Crippen molar-refractivity contribution in [2.24, 2.45) is 5.92 Å². The van der Waals surface area contributed by atoms with Crippen LogP contribution in [0, 0.1) is 5.92 Å². The van der Waals surface area contributed by atoms with E-state index in [0.29, 0.717) is 19.1 Å². The number of hydrogen-bond acceptors (Lipinski definition) is 3. The highest BCUT2D eigenvalue weighted by molar-refractivity contribution is 6.11. The van der Waals surface area contributed by atoms with E-state index < -0.39 is 0 Å². The van der Waals surface area contributed by atoms with Gasteiger partial charge < -0.3 is 14.2 Å². The fraction of sp³-hybridized carbons (Fsp3) is 0.391. The standard InChI is InChI=1S/C23H28O3/c1-5-24-22-18-9-7-8-10-19(18)23(25-6-2)21-15-17(11-12-20(21)22)26-14-13-16(3)4/h7-12,15-16H,5-6,13-14H2,1-4H3. The minimum Gasteiger partial charge on any atom is -0.494 e. The number of ether oxygens (including phenoxy) is 3. The maximum absolute atomic E-state index is 6.05. The molecule has 0 atom stereocenters. The number of fused-ring (bicyclic) bond motifs is 2. The summed E-state index contributed by atoms with van der Waals surface area (Å²) in [5.74, 6) is 3.31. The Morgan fingerprint density at radius 2 is 1.31 bits per heavy atom. The number of benzene rings is 3. The van der Waals surface area contributed by atoms with Gasteiger partial charge in [-0.1, -0.05) is 38.1 Å².